The summed E-state index contributed by atoms with van der Waals surface area (Å²) in [6.07, 6.45) is 3.20. The Balaban J connectivity index is 1.35. The van der Waals surface area contributed by atoms with Crippen LogP contribution in [0.15, 0.2) is 60.9 Å². The lowest BCUT2D eigenvalue weighted by Crippen LogP contribution is -2.48. The van der Waals surface area contributed by atoms with E-state index in [2.05, 4.69) is 10.4 Å². The van der Waals surface area contributed by atoms with Crippen molar-refractivity contribution in [2.24, 2.45) is 0 Å². The number of amides is 2. The van der Waals surface area contributed by atoms with Crippen LogP contribution in [0.3, 0.4) is 0 Å². The van der Waals surface area contributed by atoms with E-state index in [1.165, 1.54) is 6.20 Å². The molecule has 7 nitrogen and oxygen atoms in total. The van der Waals surface area contributed by atoms with Gasteiger partial charge in [0.05, 0.1) is 34.7 Å². The van der Waals surface area contributed by atoms with Crippen molar-refractivity contribution in [2.45, 2.75) is 32.6 Å². The van der Waals surface area contributed by atoms with E-state index in [1.54, 1.807) is 29.1 Å². The van der Waals surface area contributed by atoms with Gasteiger partial charge in [0, 0.05) is 31.4 Å². The molecule has 2 heterocycles. The zero-order valence-corrected chi connectivity index (χ0v) is 18.7. The predicted molar refractivity (Wildman–Crippen MR) is 122 cm³/mol. The zero-order valence-electron chi connectivity index (χ0n) is 18.0. The number of para-hydroxylation sites is 1. The molecule has 2 atom stereocenters. The Kier molecular flexibility index (Phi) is 6.58. The number of benzene rings is 2. The largest absolute Gasteiger partial charge is 0.372 e. The number of ether oxygens (including phenoxy) is 1. The highest BCUT2D eigenvalue weighted by Gasteiger charge is 2.26. The first kappa shape index (κ1) is 22.0. The molecule has 1 saturated heterocycles. The summed E-state index contributed by atoms with van der Waals surface area (Å²) in [5.41, 5.74) is 2.67. The molecule has 0 bridgehead atoms. The van der Waals surface area contributed by atoms with Crippen LogP contribution < -0.4 is 5.32 Å². The molecule has 166 valence electrons. The van der Waals surface area contributed by atoms with E-state index in [0.717, 1.165) is 5.56 Å². The molecule has 0 radical (unpaired) electrons. The Hall–Kier alpha value is -3.16. The normalized spacial score (nSPS) is 18.4. The molecule has 1 aromatic heterocycles. The number of halogens is 1. The number of carbonyl (C=O) groups is 2. The van der Waals surface area contributed by atoms with Crippen molar-refractivity contribution >= 4 is 23.4 Å². The Morgan fingerprint density at radius 3 is 2.44 bits per heavy atom. The average Bonchev–Trinajstić information content (AvgIpc) is 3.27. The molecule has 0 aliphatic carbocycles. The molecule has 4 rings (SSSR count). The Morgan fingerprint density at radius 1 is 1.06 bits per heavy atom. The Morgan fingerprint density at radius 2 is 1.75 bits per heavy atom. The molecule has 3 aromatic rings. The maximum atomic E-state index is 12.8. The van der Waals surface area contributed by atoms with E-state index in [4.69, 9.17) is 16.3 Å². The molecule has 2 aromatic carbocycles. The van der Waals surface area contributed by atoms with E-state index < -0.39 is 0 Å². The molecule has 1 aliphatic heterocycles. The number of nitrogens with one attached hydrogen (secondary N) is 1. The van der Waals surface area contributed by atoms with Gasteiger partial charge in [-0.15, -0.1) is 0 Å². The van der Waals surface area contributed by atoms with Crippen molar-refractivity contribution in [1.82, 2.24) is 20.0 Å². The van der Waals surface area contributed by atoms with Crippen molar-refractivity contribution in [2.75, 3.05) is 13.1 Å². The first-order valence-electron chi connectivity index (χ1n) is 10.5. The highest BCUT2D eigenvalue weighted by atomic mass is 35.5. The number of aromatic nitrogens is 2. The van der Waals surface area contributed by atoms with E-state index in [1.807, 2.05) is 49.1 Å². The van der Waals surface area contributed by atoms with Crippen LogP contribution in [0.4, 0.5) is 0 Å². The molecule has 32 heavy (non-hydrogen) atoms. The van der Waals surface area contributed by atoms with E-state index in [9.17, 15) is 9.59 Å². The summed E-state index contributed by atoms with van der Waals surface area (Å²) in [5.74, 6) is -0.241. The lowest BCUT2D eigenvalue weighted by Gasteiger charge is -2.35. The first-order chi connectivity index (χ1) is 15.4. The SMILES string of the molecule is CC1CN(C(=O)c2ccc(CNC(=O)c3cnn(-c4ccccc4Cl)c3)cc2)CC(C)O1. The Bertz CT molecular complexity index is 1100. The zero-order chi connectivity index (χ0) is 22.7. The molecule has 1 fully saturated rings. The van der Waals surface area contributed by atoms with E-state index in [-0.39, 0.29) is 24.0 Å². The van der Waals surface area contributed by atoms with Crippen LogP contribution in [0.5, 0.6) is 0 Å². The highest BCUT2D eigenvalue weighted by molar-refractivity contribution is 6.32. The fourth-order valence-electron chi connectivity index (χ4n) is 3.79. The number of carbonyl (C=O) groups excluding carboxylic acids is 2. The minimum atomic E-state index is -0.236. The van der Waals surface area contributed by atoms with Gasteiger partial charge in [-0.05, 0) is 43.7 Å². The van der Waals surface area contributed by atoms with Crippen LogP contribution in [0.2, 0.25) is 5.02 Å². The molecule has 1 aliphatic rings. The number of morpholine rings is 1. The monoisotopic (exact) mass is 452 g/mol. The van der Waals surface area contributed by atoms with Crippen LogP contribution in [0, 0.1) is 0 Å². The number of hydrogen-bond donors (Lipinski definition) is 1. The molecule has 0 spiro atoms. The third-order valence-electron chi connectivity index (χ3n) is 5.30. The second kappa shape index (κ2) is 9.54. The maximum Gasteiger partial charge on any atom is 0.254 e. The summed E-state index contributed by atoms with van der Waals surface area (Å²) < 4.78 is 7.27. The van der Waals surface area contributed by atoms with Gasteiger partial charge in [-0.1, -0.05) is 35.9 Å². The van der Waals surface area contributed by atoms with Crippen LogP contribution in [-0.2, 0) is 11.3 Å². The van der Waals surface area contributed by atoms with E-state index >= 15 is 0 Å². The van der Waals surface area contributed by atoms with Gasteiger partial charge in [0.25, 0.3) is 11.8 Å². The Labute approximate surface area is 191 Å². The minimum Gasteiger partial charge on any atom is -0.372 e. The summed E-state index contributed by atoms with van der Waals surface area (Å²) in [6.45, 7) is 5.46. The lowest BCUT2D eigenvalue weighted by atomic mass is 10.1. The second-order valence-corrected chi connectivity index (χ2v) is 8.38. The molecule has 0 saturated carbocycles. The molecular formula is C24H25ClN4O3. The molecule has 8 heteroatoms. The second-order valence-electron chi connectivity index (χ2n) is 7.97. The van der Waals surface area contributed by atoms with Gasteiger partial charge in [-0.25, -0.2) is 4.68 Å². The van der Waals surface area contributed by atoms with Crippen molar-refractivity contribution in [3.8, 4) is 5.69 Å². The van der Waals surface area contributed by atoms with Crippen LogP contribution in [-0.4, -0.2) is 51.8 Å². The summed E-state index contributed by atoms with van der Waals surface area (Å²) in [6, 6.07) is 14.6. The summed E-state index contributed by atoms with van der Waals surface area (Å²) in [7, 11) is 0. The molecule has 2 amide bonds. The maximum absolute atomic E-state index is 12.8. The first-order valence-corrected chi connectivity index (χ1v) is 10.9. The molecule has 2 unspecified atom stereocenters. The predicted octanol–water partition coefficient (Wildman–Crippen LogP) is 3.71. The summed E-state index contributed by atoms with van der Waals surface area (Å²) in [5, 5.41) is 7.66. The van der Waals surface area contributed by atoms with Gasteiger partial charge in [0.1, 0.15) is 0 Å². The third kappa shape index (κ3) is 5.00. The van der Waals surface area contributed by atoms with Gasteiger partial charge >= 0.3 is 0 Å². The third-order valence-corrected chi connectivity index (χ3v) is 5.62. The molecule has 1 N–H and O–H groups in total. The van der Waals surface area contributed by atoms with Gasteiger partial charge in [0.2, 0.25) is 0 Å². The van der Waals surface area contributed by atoms with Gasteiger partial charge in [-0.3, -0.25) is 9.59 Å². The highest BCUT2D eigenvalue weighted by Crippen LogP contribution is 2.19. The van der Waals surface area contributed by atoms with Crippen LogP contribution in [0.25, 0.3) is 5.69 Å². The van der Waals surface area contributed by atoms with Crippen molar-refractivity contribution in [3.05, 3.63) is 82.6 Å². The van der Waals surface area contributed by atoms with Crippen LogP contribution in [0.1, 0.15) is 40.1 Å². The average molecular weight is 453 g/mol. The van der Waals surface area contributed by atoms with Crippen molar-refractivity contribution in [3.63, 3.8) is 0 Å². The van der Waals surface area contributed by atoms with Gasteiger partial charge in [0.15, 0.2) is 0 Å². The number of hydrogen-bond acceptors (Lipinski definition) is 4. The molecular weight excluding hydrogens is 428 g/mol. The van der Waals surface area contributed by atoms with Gasteiger partial charge in [-0.2, -0.15) is 5.10 Å². The van der Waals surface area contributed by atoms with Gasteiger partial charge < -0.3 is 15.0 Å². The summed E-state index contributed by atoms with van der Waals surface area (Å²) in [4.78, 5) is 27.1. The van der Waals surface area contributed by atoms with E-state index in [0.29, 0.717) is 41.5 Å². The number of nitrogens with zero attached hydrogens (tertiary/aromatic N) is 3. The topological polar surface area (TPSA) is 76.5 Å². The number of rotatable bonds is 5. The van der Waals surface area contributed by atoms with Crippen molar-refractivity contribution in [1.29, 1.82) is 0 Å². The quantitative estimate of drug-likeness (QED) is 0.640. The summed E-state index contributed by atoms with van der Waals surface area (Å²) >= 11 is 6.19. The smallest absolute Gasteiger partial charge is 0.254 e. The fourth-order valence-corrected chi connectivity index (χ4v) is 4.01. The van der Waals surface area contributed by atoms with Crippen molar-refractivity contribution < 1.29 is 14.3 Å². The fraction of sp³-hybridized carbons (Fsp3) is 0.292. The minimum absolute atomic E-state index is 0.00503. The van der Waals surface area contributed by atoms with Crippen LogP contribution >= 0.6 is 11.6 Å². The standard InChI is InChI=1S/C24H25ClN4O3/c1-16-13-28(14-17(2)32-16)24(31)19-9-7-18(8-10-19)11-26-23(30)20-12-27-29(15-20)22-6-4-3-5-21(22)25/h3-10,12,15-17H,11,13-14H2,1-2H3,(H,26,30). The lowest BCUT2D eigenvalue weighted by molar-refractivity contribution is -0.0586.